The summed E-state index contributed by atoms with van der Waals surface area (Å²) in [5.41, 5.74) is 5.91. The first-order chi connectivity index (χ1) is 20.8. The number of methoxy groups -OCH3 is 1. The van der Waals surface area contributed by atoms with Crippen molar-refractivity contribution in [3.8, 4) is 5.75 Å². The van der Waals surface area contributed by atoms with Gasteiger partial charge in [-0.2, -0.15) is 10.2 Å². The highest BCUT2D eigenvalue weighted by Gasteiger charge is 2.32. The zero-order valence-electron chi connectivity index (χ0n) is 26.1. The summed E-state index contributed by atoms with van der Waals surface area (Å²) in [6.07, 6.45) is 0.234. The van der Waals surface area contributed by atoms with Crippen LogP contribution < -0.4 is 9.64 Å². The van der Waals surface area contributed by atoms with Crippen molar-refractivity contribution in [2.45, 2.75) is 12.3 Å². The van der Waals surface area contributed by atoms with Crippen LogP contribution >= 0.6 is 0 Å². The van der Waals surface area contributed by atoms with Crippen molar-refractivity contribution >= 4 is 17.4 Å². The van der Waals surface area contributed by atoms with E-state index in [1.165, 1.54) is 16.8 Å². The van der Waals surface area contributed by atoms with Crippen molar-refractivity contribution in [1.82, 2.24) is 19.8 Å². The smallest absolute Gasteiger partial charge is 0.157 e. The third kappa shape index (κ3) is 6.28. The van der Waals surface area contributed by atoms with Crippen molar-refractivity contribution < 1.29 is 4.74 Å². The zero-order valence-corrected chi connectivity index (χ0v) is 26.1. The molecule has 4 aromatic carbocycles. The number of amidine groups is 2. The molecule has 0 radical (unpaired) electrons. The van der Waals surface area contributed by atoms with Crippen molar-refractivity contribution in [3.63, 3.8) is 0 Å². The molecule has 6 rings (SSSR count). The Kier molecular flexibility index (Phi) is 8.85. The molecule has 0 N–H and O–H groups in total. The topological polar surface area (TPSA) is 50.1 Å². The van der Waals surface area contributed by atoms with Crippen molar-refractivity contribution in [2.24, 2.45) is 10.2 Å². The second-order valence-corrected chi connectivity index (χ2v) is 11.0. The summed E-state index contributed by atoms with van der Waals surface area (Å²) < 4.78 is 5.22. The monoisotopic (exact) mass is 575 g/mol. The van der Waals surface area contributed by atoms with Gasteiger partial charge in [0, 0.05) is 59.1 Å². The van der Waals surface area contributed by atoms with Gasteiger partial charge in [0.2, 0.25) is 0 Å². The van der Waals surface area contributed by atoms with Crippen LogP contribution in [-0.4, -0.2) is 80.9 Å². The molecule has 0 aromatic heterocycles. The van der Waals surface area contributed by atoms with Gasteiger partial charge in [0.15, 0.2) is 11.7 Å². The summed E-state index contributed by atoms with van der Waals surface area (Å²) in [7, 11) is 14.0. The largest absolute Gasteiger partial charge is 0.497 e. The fraction of sp³-hybridized carbons (Fsp3) is 0.257. The first kappa shape index (κ1) is 29.5. The summed E-state index contributed by atoms with van der Waals surface area (Å²) in [4.78, 5) is 6.52. The van der Waals surface area contributed by atoms with Gasteiger partial charge in [0.25, 0.3) is 0 Å². The molecule has 0 saturated heterocycles. The van der Waals surface area contributed by atoms with Crippen LogP contribution in [0.2, 0.25) is 0 Å². The molecule has 0 saturated carbocycles. The van der Waals surface area contributed by atoms with Gasteiger partial charge < -0.3 is 19.4 Å². The SMILES string of the molecule is CN(C)c1ccc(C2N(C)N=C(c3ccccc3)N2C)cc1.COc1ccc(C2N(C)N=C(c3ccccc3)N2C)cc1. The minimum Gasteiger partial charge on any atom is -0.497 e. The van der Waals surface area contributed by atoms with Crippen LogP contribution in [-0.2, 0) is 0 Å². The molecule has 2 atom stereocenters. The Labute approximate surface area is 255 Å². The number of hydrogen-bond acceptors (Lipinski definition) is 8. The third-order valence-electron chi connectivity index (χ3n) is 7.80. The van der Waals surface area contributed by atoms with E-state index < -0.39 is 0 Å². The van der Waals surface area contributed by atoms with Gasteiger partial charge in [-0.15, -0.1) is 0 Å². The first-order valence-electron chi connectivity index (χ1n) is 14.4. The summed E-state index contributed by atoms with van der Waals surface area (Å²) in [5.74, 6) is 2.86. The minimum absolute atomic E-state index is 0.103. The van der Waals surface area contributed by atoms with Gasteiger partial charge in [-0.1, -0.05) is 84.9 Å². The maximum atomic E-state index is 5.22. The van der Waals surface area contributed by atoms with E-state index in [1.54, 1.807) is 7.11 Å². The fourth-order valence-corrected chi connectivity index (χ4v) is 5.58. The van der Waals surface area contributed by atoms with Crippen LogP contribution in [0.25, 0.3) is 0 Å². The molecule has 2 unspecified atom stereocenters. The maximum Gasteiger partial charge on any atom is 0.157 e. The van der Waals surface area contributed by atoms with Gasteiger partial charge in [0.1, 0.15) is 18.1 Å². The van der Waals surface area contributed by atoms with E-state index in [0.29, 0.717) is 0 Å². The Balaban J connectivity index is 0.000000171. The van der Waals surface area contributed by atoms with Crippen LogP contribution in [0.1, 0.15) is 34.6 Å². The van der Waals surface area contributed by atoms with E-state index in [4.69, 9.17) is 9.84 Å². The Morgan fingerprint density at radius 2 is 0.953 bits per heavy atom. The van der Waals surface area contributed by atoms with Crippen LogP contribution in [0.3, 0.4) is 0 Å². The molecule has 0 bridgehead atoms. The number of nitrogens with zero attached hydrogens (tertiary/aromatic N) is 7. The molecule has 0 amide bonds. The lowest BCUT2D eigenvalue weighted by atomic mass is 10.1. The number of benzene rings is 4. The van der Waals surface area contributed by atoms with Crippen LogP contribution in [0.15, 0.2) is 119 Å². The highest BCUT2D eigenvalue weighted by molar-refractivity contribution is 6.00. The average molecular weight is 576 g/mol. The van der Waals surface area contributed by atoms with Crippen molar-refractivity contribution in [2.75, 3.05) is 54.3 Å². The highest BCUT2D eigenvalue weighted by atomic mass is 16.5. The standard InChI is InChI=1S/C18H22N4.C17H19N3O/c1-20(2)16-12-10-15(11-13-16)18-21(3)17(19-22(18)4)14-8-6-5-7-9-14;1-19-16(13-7-5-4-6-8-13)18-20(2)17(19)14-9-11-15(21-3)12-10-14/h5-13,18H,1-4H3;4-12,17H,1-3H3. The number of ether oxygens (including phenoxy) is 1. The van der Waals surface area contributed by atoms with Gasteiger partial charge in [-0.3, -0.25) is 10.0 Å². The van der Waals surface area contributed by atoms with E-state index in [0.717, 1.165) is 28.5 Å². The predicted molar refractivity (Wildman–Crippen MR) is 176 cm³/mol. The van der Waals surface area contributed by atoms with E-state index in [9.17, 15) is 0 Å². The number of rotatable bonds is 6. The second-order valence-electron chi connectivity index (χ2n) is 11.0. The lowest BCUT2D eigenvalue weighted by Gasteiger charge is -2.27. The molecule has 0 aliphatic carbocycles. The molecular weight excluding hydrogens is 534 g/mol. The number of hydrogen-bond donors (Lipinski definition) is 0. The molecule has 8 nitrogen and oxygen atoms in total. The van der Waals surface area contributed by atoms with Crippen molar-refractivity contribution in [1.29, 1.82) is 0 Å². The molecule has 2 aliphatic heterocycles. The van der Waals surface area contributed by atoms with Crippen LogP contribution in [0.4, 0.5) is 5.69 Å². The Bertz CT molecular complexity index is 1540. The van der Waals surface area contributed by atoms with E-state index >= 15 is 0 Å². The Morgan fingerprint density at radius 3 is 1.33 bits per heavy atom. The molecule has 2 aliphatic rings. The Hall–Kier alpha value is -4.98. The van der Waals surface area contributed by atoms with Gasteiger partial charge >= 0.3 is 0 Å². The lowest BCUT2D eigenvalue weighted by molar-refractivity contribution is 0.183. The lowest BCUT2D eigenvalue weighted by Crippen LogP contribution is -2.30. The van der Waals surface area contributed by atoms with Crippen molar-refractivity contribution in [3.05, 3.63) is 131 Å². The average Bonchev–Trinajstić information content (AvgIpc) is 3.51. The highest BCUT2D eigenvalue weighted by Crippen LogP contribution is 2.32. The molecule has 222 valence electrons. The first-order valence-corrected chi connectivity index (χ1v) is 14.4. The Morgan fingerprint density at radius 1 is 0.558 bits per heavy atom. The summed E-state index contributed by atoms with van der Waals surface area (Å²) >= 11 is 0. The summed E-state index contributed by atoms with van der Waals surface area (Å²) in [6, 6.07) is 37.4. The second kappa shape index (κ2) is 12.9. The minimum atomic E-state index is 0.103. The van der Waals surface area contributed by atoms with Gasteiger partial charge in [0.05, 0.1) is 7.11 Å². The normalized spacial score (nSPS) is 17.7. The summed E-state index contributed by atoms with van der Waals surface area (Å²) in [6.45, 7) is 0. The van der Waals surface area contributed by atoms with E-state index in [1.807, 2.05) is 72.6 Å². The maximum absolute atomic E-state index is 5.22. The molecule has 0 spiro atoms. The fourth-order valence-electron chi connectivity index (χ4n) is 5.58. The predicted octanol–water partition coefficient (Wildman–Crippen LogP) is 5.92. The van der Waals surface area contributed by atoms with E-state index in [-0.39, 0.29) is 12.3 Å². The number of anilines is 1. The molecule has 43 heavy (non-hydrogen) atoms. The van der Waals surface area contributed by atoms with Crippen LogP contribution in [0.5, 0.6) is 5.75 Å². The molecule has 0 fully saturated rings. The van der Waals surface area contributed by atoms with Crippen LogP contribution in [0, 0.1) is 0 Å². The zero-order chi connectivity index (χ0) is 30.5. The van der Waals surface area contributed by atoms with E-state index in [2.05, 4.69) is 109 Å². The number of hydrazone groups is 2. The molecule has 2 heterocycles. The molecular formula is C35H41N7O. The molecule has 4 aromatic rings. The summed E-state index contributed by atoms with van der Waals surface area (Å²) in [5, 5.41) is 13.4. The van der Waals surface area contributed by atoms with Gasteiger partial charge in [-0.25, -0.2) is 0 Å². The molecule has 8 heteroatoms. The quantitative estimate of drug-likeness (QED) is 0.284. The third-order valence-corrected chi connectivity index (χ3v) is 7.80. The van der Waals surface area contributed by atoms with Gasteiger partial charge in [-0.05, 0) is 35.4 Å².